The first-order chi connectivity index (χ1) is 11.0. The van der Waals surface area contributed by atoms with E-state index in [-0.39, 0.29) is 5.41 Å². The summed E-state index contributed by atoms with van der Waals surface area (Å²) in [6.07, 6.45) is 6.91. The highest BCUT2D eigenvalue weighted by Gasteiger charge is 2.19. The molecule has 116 valence electrons. The Morgan fingerprint density at radius 3 is 1.70 bits per heavy atom. The molecule has 2 aromatic carbocycles. The highest BCUT2D eigenvalue weighted by molar-refractivity contribution is 7.42. The van der Waals surface area contributed by atoms with Gasteiger partial charge in [0.1, 0.15) is 0 Å². The summed E-state index contributed by atoms with van der Waals surface area (Å²) >= 11 is 0. The smallest absolute Gasteiger partial charge is 0.0514 e. The third-order valence-electron chi connectivity index (χ3n) is 4.11. The average molecular weight is 318 g/mol. The van der Waals surface area contributed by atoms with Gasteiger partial charge in [-0.15, -0.1) is 0 Å². The Bertz CT molecular complexity index is 704. The standard InChI is InChI=1S/C22H23P/c1-22(2,3)19-14-15-20(16-19)23-21(17-10-6-4-7-11-17)18-12-8-5-9-13-18/h4-16,21H,1-3H3. The summed E-state index contributed by atoms with van der Waals surface area (Å²) in [5, 5.41) is 1.40. The zero-order chi connectivity index (χ0) is 16.3. The zero-order valence-corrected chi connectivity index (χ0v) is 14.9. The van der Waals surface area contributed by atoms with Crippen LogP contribution in [0.1, 0.15) is 37.6 Å². The van der Waals surface area contributed by atoms with Gasteiger partial charge in [0.15, 0.2) is 0 Å². The molecule has 0 atom stereocenters. The molecule has 0 unspecified atom stereocenters. The Kier molecular flexibility index (Phi) is 4.64. The van der Waals surface area contributed by atoms with Crippen molar-refractivity contribution in [2.75, 3.05) is 0 Å². The quantitative estimate of drug-likeness (QED) is 0.571. The fourth-order valence-electron chi connectivity index (χ4n) is 2.74. The molecule has 0 heterocycles. The van der Waals surface area contributed by atoms with Crippen molar-refractivity contribution < 1.29 is 0 Å². The van der Waals surface area contributed by atoms with Gasteiger partial charge in [0, 0.05) is 0 Å². The molecule has 0 aromatic heterocycles. The number of rotatable bonds is 3. The maximum Gasteiger partial charge on any atom is 0.0514 e. The summed E-state index contributed by atoms with van der Waals surface area (Å²) in [7, 11) is 1.34. The van der Waals surface area contributed by atoms with E-state index in [1.165, 1.54) is 30.2 Å². The maximum atomic E-state index is 2.36. The first kappa shape index (κ1) is 16.0. The van der Waals surface area contributed by atoms with Gasteiger partial charge in [-0.3, -0.25) is 0 Å². The van der Waals surface area contributed by atoms with E-state index in [0.29, 0.717) is 5.66 Å². The zero-order valence-electron chi connectivity index (χ0n) is 14.0. The fraction of sp³-hybridized carbons (Fsp3) is 0.227. The lowest BCUT2D eigenvalue weighted by molar-refractivity contribution is 0.519. The van der Waals surface area contributed by atoms with Crippen LogP contribution in [0.15, 0.2) is 84.5 Å². The van der Waals surface area contributed by atoms with Gasteiger partial charge in [-0.1, -0.05) is 102 Å². The van der Waals surface area contributed by atoms with Crippen LogP contribution < -0.4 is 0 Å². The van der Waals surface area contributed by atoms with Gasteiger partial charge < -0.3 is 0 Å². The molecule has 2 aromatic rings. The topological polar surface area (TPSA) is 0 Å². The Balaban J connectivity index is 2.00. The Hall–Kier alpha value is -1.91. The third kappa shape index (κ3) is 3.89. The van der Waals surface area contributed by atoms with Gasteiger partial charge in [0.05, 0.1) is 5.66 Å². The van der Waals surface area contributed by atoms with Crippen molar-refractivity contribution in [1.82, 2.24) is 0 Å². The Morgan fingerprint density at radius 1 is 0.739 bits per heavy atom. The van der Waals surface area contributed by atoms with E-state index in [1.807, 2.05) is 0 Å². The van der Waals surface area contributed by atoms with E-state index in [1.54, 1.807) is 0 Å². The molecule has 0 fully saturated rings. The second kappa shape index (κ2) is 6.69. The molecule has 0 saturated carbocycles. The molecule has 0 N–H and O–H groups in total. The molecule has 0 nitrogen and oxygen atoms in total. The number of hydrogen-bond donors (Lipinski definition) is 0. The molecule has 0 spiro atoms. The van der Waals surface area contributed by atoms with Crippen LogP contribution in [0, 0.1) is 5.41 Å². The molecule has 0 bridgehead atoms. The molecule has 0 amide bonds. The summed E-state index contributed by atoms with van der Waals surface area (Å²) in [4.78, 5) is 0. The first-order valence-corrected chi connectivity index (χ1v) is 9.08. The highest BCUT2D eigenvalue weighted by atomic mass is 31.1. The minimum Gasteiger partial charge on any atom is -0.0834 e. The maximum absolute atomic E-state index is 2.36. The van der Waals surface area contributed by atoms with Crippen LogP contribution in [0.25, 0.3) is 0 Å². The molecule has 0 aliphatic heterocycles. The highest BCUT2D eigenvalue weighted by Crippen LogP contribution is 2.38. The van der Waals surface area contributed by atoms with Gasteiger partial charge in [0.2, 0.25) is 0 Å². The monoisotopic (exact) mass is 318 g/mol. The molecule has 23 heavy (non-hydrogen) atoms. The molecule has 0 radical (unpaired) electrons. The van der Waals surface area contributed by atoms with Gasteiger partial charge in [-0.05, 0) is 33.5 Å². The lowest BCUT2D eigenvalue weighted by Crippen LogP contribution is -2.06. The number of hydrogen-bond acceptors (Lipinski definition) is 0. The van der Waals surface area contributed by atoms with Gasteiger partial charge in [0.25, 0.3) is 0 Å². The molecule has 1 heteroatoms. The van der Waals surface area contributed by atoms with E-state index >= 15 is 0 Å². The van der Waals surface area contributed by atoms with Crippen LogP contribution in [0.2, 0.25) is 0 Å². The summed E-state index contributed by atoms with van der Waals surface area (Å²) in [5.74, 6) is 0. The Morgan fingerprint density at radius 2 is 1.26 bits per heavy atom. The molecular formula is C22H23P. The van der Waals surface area contributed by atoms with Crippen molar-refractivity contribution in [2.45, 2.75) is 26.4 Å². The first-order valence-electron chi connectivity index (χ1n) is 8.12. The van der Waals surface area contributed by atoms with Gasteiger partial charge in [-0.2, -0.15) is 0 Å². The summed E-state index contributed by atoms with van der Waals surface area (Å²) in [6, 6.07) is 21.6. The average Bonchev–Trinajstić information content (AvgIpc) is 3.03. The van der Waals surface area contributed by atoms with Crippen LogP contribution in [0.3, 0.4) is 0 Å². The largest absolute Gasteiger partial charge is 0.0834 e. The SMILES string of the molecule is CC(C)(C)C1=CC(=PC(c2ccccc2)c2ccccc2)C=C1. The second-order valence-electron chi connectivity index (χ2n) is 6.96. The van der Waals surface area contributed by atoms with E-state index in [9.17, 15) is 0 Å². The molecular weight excluding hydrogens is 295 g/mol. The fourth-order valence-corrected chi connectivity index (χ4v) is 4.05. The van der Waals surface area contributed by atoms with Crippen molar-refractivity contribution in [3.05, 3.63) is 95.6 Å². The van der Waals surface area contributed by atoms with Gasteiger partial charge in [-0.25, -0.2) is 0 Å². The van der Waals surface area contributed by atoms with E-state index in [0.717, 1.165) is 0 Å². The second-order valence-corrected chi connectivity index (χ2v) is 8.25. The van der Waals surface area contributed by atoms with E-state index in [4.69, 9.17) is 0 Å². The predicted molar refractivity (Wildman–Crippen MR) is 103 cm³/mol. The molecule has 3 rings (SSSR count). The Labute approximate surface area is 141 Å². The molecule has 1 aliphatic carbocycles. The van der Waals surface area contributed by atoms with Crippen molar-refractivity contribution in [1.29, 1.82) is 0 Å². The van der Waals surface area contributed by atoms with Crippen LogP contribution in [-0.4, -0.2) is 5.29 Å². The molecule has 0 saturated heterocycles. The van der Waals surface area contributed by atoms with E-state index in [2.05, 4.69) is 99.7 Å². The van der Waals surface area contributed by atoms with Crippen molar-refractivity contribution in [2.24, 2.45) is 5.41 Å². The summed E-state index contributed by atoms with van der Waals surface area (Å²) < 4.78 is 0. The van der Waals surface area contributed by atoms with Crippen molar-refractivity contribution >= 4 is 13.5 Å². The van der Waals surface area contributed by atoms with E-state index < -0.39 is 0 Å². The molecule has 1 aliphatic rings. The minimum absolute atomic E-state index is 0.211. The summed E-state index contributed by atoms with van der Waals surface area (Å²) in [5.41, 5.74) is 4.76. The van der Waals surface area contributed by atoms with Crippen molar-refractivity contribution in [3.63, 3.8) is 0 Å². The van der Waals surface area contributed by atoms with Crippen LogP contribution >= 0.6 is 8.20 Å². The van der Waals surface area contributed by atoms with Crippen molar-refractivity contribution in [3.8, 4) is 0 Å². The number of benzene rings is 2. The lowest BCUT2D eigenvalue weighted by Gasteiger charge is -2.18. The van der Waals surface area contributed by atoms with Crippen LogP contribution in [0.4, 0.5) is 0 Å². The van der Waals surface area contributed by atoms with Gasteiger partial charge >= 0.3 is 0 Å². The lowest BCUT2D eigenvalue weighted by atomic mass is 9.87. The summed E-state index contributed by atoms with van der Waals surface area (Å²) in [6.45, 7) is 6.82. The third-order valence-corrected chi connectivity index (χ3v) is 5.54. The minimum atomic E-state index is 0.211. The number of allylic oxidation sites excluding steroid dienone is 4. The normalized spacial score (nSPS) is 16.2. The predicted octanol–water partition coefficient (Wildman–Crippen LogP) is 6.44. The van der Waals surface area contributed by atoms with Crippen LogP contribution in [-0.2, 0) is 0 Å². The van der Waals surface area contributed by atoms with Crippen LogP contribution in [0.5, 0.6) is 0 Å².